The summed E-state index contributed by atoms with van der Waals surface area (Å²) in [6.45, 7) is 4.59. The second kappa shape index (κ2) is 8.80. The Bertz CT molecular complexity index is 893. The van der Waals surface area contributed by atoms with Gasteiger partial charge in [0.05, 0.1) is 12.3 Å². The van der Waals surface area contributed by atoms with Crippen LogP contribution >= 0.6 is 0 Å². The van der Waals surface area contributed by atoms with Crippen LogP contribution in [-0.4, -0.2) is 22.7 Å². The van der Waals surface area contributed by atoms with Gasteiger partial charge < -0.3 is 15.4 Å². The third-order valence-electron chi connectivity index (χ3n) is 3.97. The maximum atomic E-state index is 12.3. The smallest absolute Gasteiger partial charge is 0.276 e. The van der Waals surface area contributed by atoms with Crippen LogP contribution in [0, 0.1) is 0 Å². The fourth-order valence-electron chi connectivity index (χ4n) is 2.53. The zero-order valence-electron chi connectivity index (χ0n) is 15.4. The number of ether oxygens (including phenoxy) is 1. The predicted molar refractivity (Wildman–Crippen MR) is 107 cm³/mol. The number of carbonyl (C=O) groups excluding carboxylic acids is 1. The average Bonchev–Trinajstić information content (AvgIpc) is 2.71. The highest BCUT2D eigenvalue weighted by Gasteiger charge is 2.10. The molecule has 0 spiro atoms. The Morgan fingerprint density at radius 2 is 1.74 bits per heavy atom. The van der Waals surface area contributed by atoms with Gasteiger partial charge in [0.2, 0.25) is 0 Å². The molecule has 138 valence electrons. The van der Waals surface area contributed by atoms with E-state index in [0.29, 0.717) is 12.4 Å². The maximum absolute atomic E-state index is 12.3. The molecule has 2 N–H and O–H groups in total. The molecule has 1 heterocycles. The average molecular weight is 362 g/mol. The van der Waals surface area contributed by atoms with Gasteiger partial charge in [-0.15, -0.1) is 10.2 Å². The van der Waals surface area contributed by atoms with Gasteiger partial charge in [0.15, 0.2) is 11.5 Å². The monoisotopic (exact) mass is 362 g/mol. The Balaban J connectivity index is 1.66. The molecule has 0 aliphatic rings. The Morgan fingerprint density at radius 3 is 2.41 bits per heavy atom. The van der Waals surface area contributed by atoms with Crippen molar-refractivity contribution in [2.45, 2.75) is 20.3 Å². The van der Waals surface area contributed by atoms with E-state index in [-0.39, 0.29) is 11.6 Å². The molecule has 1 amide bonds. The number of rotatable bonds is 7. The predicted octanol–water partition coefficient (Wildman–Crippen LogP) is 4.43. The maximum Gasteiger partial charge on any atom is 0.276 e. The Morgan fingerprint density at radius 1 is 0.963 bits per heavy atom. The first-order valence-corrected chi connectivity index (χ1v) is 8.92. The molecule has 0 aliphatic carbocycles. The number of hydrogen-bond donors (Lipinski definition) is 2. The molecule has 0 fully saturated rings. The van der Waals surface area contributed by atoms with E-state index in [0.717, 1.165) is 23.5 Å². The number of hydrogen-bond acceptors (Lipinski definition) is 5. The van der Waals surface area contributed by atoms with Crippen molar-refractivity contribution in [3.63, 3.8) is 0 Å². The van der Waals surface area contributed by atoms with E-state index in [1.54, 1.807) is 12.1 Å². The fourth-order valence-corrected chi connectivity index (χ4v) is 2.53. The Kier molecular flexibility index (Phi) is 5.99. The number of nitrogens with one attached hydrogen (secondary N) is 2. The van der Waals surface area contributed by atoms with Gasteiger partial charge >= 0.3 is 0 Å². The number of nitrogens with zero attached hydrogens (tertiary/aromatic N) is 2. The normalized spacial score (nSPS) is 10.3. The first-order chi connectivity index (χ1) is 13.2. The van der Waals surface area contributed by atoms with Crippen LogP contribution in [0.2, 0.25) is 0 Å². The van der Waals surface area contributed by atoms with Crippen molar-refractivity contribution in [1.82, 2.24) is 10.2 Å². The number of amides is 1. The highest BCUT2D eigenvalue weighted by Crippen LogP contribution is 2.26. The van der Waals surface area contributed by atoms with Crippen LogP contribution in [0.1, 0.15) is 29.9 Å². The number of carbonyl (C=O) groups is 1. The molecule has 0 aliphatic heterocycles. The second-order valence-corrected chi connectivity index (χ2v) is 5.86. The third kappa shape index (κ3) is 4.82. The summed E-state index contributed by atoms with van der Waals surface area (Å²) in [5.74, 6) is 0.971. The zero-order chi connectivity index (χ0) is 19.1. The van der Waals surface area contributed by atoms with Crippen LogP contribution in [0.25, 0.3) is 0 Å². The first kappa shape index (κ1) is 18.4. The summed E-state index contributed by atoms with van der Waals surface area (Å²) in [7, 11) is 0. The van der Waals surface area contributed by atoms with Gasteiger partial charge in [-0.2, -0.15) is 0 Å². The highest BCUT2D eigenvalue weighted by atomic mass is 16.5. The minimum absolute atomic E-state index is 0.248. The molecule has 3 aromatic rings. The van der Waals surface area contributed by atoms with E-state index in [9.17, 15) is 4.79 Å². The largest absolute Gasteiger partial charge is 0.492 e. The van der Waals surface area contributed by atoms with Crippen molar-refractivity contribution >= 4 is 23.1 Å². The van der Waals surface area contributed by atoms with Crippen molar-refractivity contribution in [3.8, 4) is 5.75 Å². The van der Waals surface area contributed by atoms with Crippen LogP contribution < -0.4 is 15.4 Å². The molecule has 3 rings (SSSR count). The minimum atomic E-state index is -0.298. The summed E-state index contributed by atoms with van der Waals surface area (Å²) in [5.41, 5.74) is 2.99. The van der Waals surface area contributed by atoms with E-state index >= 15 is 0 Å². The number of benzene rings is 2. The minimum Gasteiger partial charge on any atom is -0.492 e. The summed E-state index contributed by atoms with van der Waals surface area (Å²) in [6, 6.07) is 18.7. The van der Waals surface area contributed by atoms with Crippen LogP contribution in [0.3, 0.4) is 0 Å². The second-order valence-electron chi connectivity index (χ2n) is 5.86. The quantitative estimate of drug-likeness (QED) is 0.650. The molecule has 0 saturated heterocycles. The zero-order valence-corrected chi connectivity index (χ0v) is 15.4. The third-order valence-corrected chi connectivity index (χ3v) is 3.97. The summed E-state index contributed by atoms with van der Waals surface area (Å²) < 4.78 is 5.58. The van der Waals surface area contributed by atoms with Gasteiger partial charge in [-0.3, -0.25) is 4.79 Å². The van der Waals surface area contributed by atoms with Crippen LogP contribution in [0.5, 0.6) is 5.75 Å². The molecule has 0 bridgehead atoms. The number of para-hydroxylation sites is 2. The van der Waals surface area contributed by atoms with Crippen molar-refractivity contribution < 1.29 is 9.53 Å². The lowest BCUT2D eigenvalue weighted by Gasteiger charge is -2.11. The lowest BCUT2D eigenvalue weighted by molar-refractivity contribution is 0.102. The SMILES string of the molecule is CCOc1ccccc1Nc1ccc(C(=O)Nc2ccc(CC)cc2)nn1. The summed E-state index contributed by atoms with van der Waals surface area (Å²) in [6.07, 6.45) is 0.959. The van der Waals surface area contributed by atoms with E-state index in [2.05, 4.69) is 27.8 Å². The molecular weight excluding hydrogens is 340 g/mol. The number of aryl methyl sites for hydroxylation is 1. The molecule has 0 unspecified atom stereocenters. The number of aromatic nitrogens is 2. The molecule has 6 heteroatoms. The summed E-state index contributed by atoms with van der Waals surface area (Å²) in [5, 5.41) is 14.1. The van der Waals surface area contributed by atoms with Crippen molar-refractivity contribution in [2.75, 3.05) is 17.2 Å². The van der Waals surface area contributed by atoms with Gasteiger partial charge in [-0.25, -0.2) is 0 Å². The van der Waals surface area contributed by atoms with Crippen LogP contribution in [0.15, 0.2) is 60.7 Å². The lowest BCUT2D eigenvalue weighted by atomic mass is 10.1. The van der Waals surface area contributed by atoms with Crippen LogP contribution in [-0.2, 0) is 6.42 Å². The first-order valence-electron chi connectivity index (χ1n) is 8.92. The van der Waals surface area contributed by atoms with Gasteiger partial charge in [-0.1, -0.05) is 31.2 Å². The molecule has 2 aromatic carbocycles. The van der Waals surface area contributed by atoms with Crippen molar-refractivity contribution in [1.29, 1.82) is 0 Å². The van der Waals surface area contributed by atoms with Crippen LogP contribution in [0.4, 0.5) is 17.2 Å². The summed E-state index contributed by atoms with van der Waals surface area (Å²) >= 11 is 0. The molecular formula is C21H22N4O2. The van der Waals surface area contributed by atoms with E-state index in [1.807, 2.05) is 55.5 Å². The molecule has 6 nitrogen and oxygen atoms in total. The lowest BCUT2D eigenvalue weighted by Crippen LogP contribution is -2.14. The van der Waals surface area contributed by atoms with Crippen molar-refractivity contribution in [3.05, 3.63) is 71.9 Å². The van der Waals surface area contributed by atoms with Gasteiger partial charge in [0.1, 0.15) is 5.75 Å². The van der Waals surface area contributed by atoms with Gasteiger partial charge in [-0.05, 0) is 55.3 Å². The topological polar surface area (TPSA) is 76.1 Å². The van der Waals surface area contributed by atoms with E-state index in [1.165, 1.54) is 5.56 Å². The standard InChI is InChI=1S/C21H22N4O2/c1-3-15-9-11-16(12-10-15)22-21(26)18-13-14-20(25-24-18)23-17-7-5-6-8-19(17)27-4-2/h5-14H,3-4H2,1-2H3,(H,22,26)(H,23,25). The Labute approximate surface area is 158 Å². The molecule has 1 aromatic heterocycles. The highest BCUT2D eigenvalue weighted by molar-refractivity contribution is 6.02. The van der Waals surface area contributed by atoms with Gasteiger partial charge in [0.25, 0.3) is 5.91 Å². The van der Waals surface area contributed by atoms with Crippen molar-refractivity contribution in [2.24, 2.45) is 0 Å². The van der Waals surface area contributed by atoms with Gasteiger partial charge in [0, 0.05) is 5.69 Å². The van der Waals surface area contributed by atoms with E-state index in [4.69, 9.17) is 4.74 Å². The van der Waals surface area contributed by atoms with E-state index < -0.39 is 0 Å². The Hall–Kier alpha value is -3.41. The molecule has 0 radical (unpaired) electrons. The molecule has 0 atom stereocenters. The number of anilines is 3. The summed E-state index contributed by atoms with van der Waals surface area (Å²) in [4.78, 5) is 12.3. The molecule has 0 saturated carbocycles. The fraction of sp³-hybridized carbons (Fsp3) is 0.190. The molecule has 27 heavy (non-hydrogen) atoms.